The first kappa shape index (κ1) is 2.35. The third-order valence-electron chi connectivity index (χ3n) is 1.24. The molecule has 0 N–H and O–H groups in total. The van der Waals surface area contributed by atoms with Crippen LogP contribution in [0.2, 0.25) is 0 Å². The first-order chi connectivity index (χ1) is 10.4. The van der Waals surface area contributed by atoms with Crippen molar-refractivity contribution in [2.45, 2.75) is 32.8 Å². The summed E-state index contributed by atoms with van der Waals surface area (Å²) in [6.45, 7) is -9.56. The summed E-state index contributed by atoms with van der Waals surface area (Å²) in [5.74, 6) is -3.30. The van der Waals surface area contributed by atoms with Crippen molar-refractivity contribution in [2.24, 2.45) is 0 Å². The zero-order valence-electron chi connectivity index (χ0n) is 18.0. The quantitative estimate of drug-likeness (QED) is 0.768. The Labute approximate surface area is 99.2 Å². The molecule has 1 aromatic rings. The molecular weight excluding hydrogens is 214 g/mol. The van der Waals surface area contributed by atoms with Crippen LogP contribution in [0.25, 0.3) is 0 Å². The van der Waals surface area contributed by atoms with Crippen molar-refractivity contribution >= 4 is 15.9 Å². The van der Waals surface area contributed by atoms with E-state index in [2.05, 4.69) is 20.9 Å². The highest BCUT2D eigenvalue weighted by molar-refractivity contribution is 9.10. The minimum atomic E-state index is -3.52. The Balaban J connectivity index is 3.79. The van der Waals surface area contributed by atoms with E-state index < -0.39 is 44.1 Å². The highest BCUT2D eigenvalue weighted by Crippen LogP contribution is 2.21. The normalized spacial score (nSPS) is 34.8. The monoisotopic (exact) mass is 239 g/mol. The van der Waals surface area contributed by atoms with E-state index in [9.17, 15) is 0 Å². The van der Waals surface area contributed by atoms with Gasteiger partial charge in [0.15, 0.2) is 0 Å². The molecule has 0 amide bonds. The minimum Gasteiger partial charge on any atom is -0.260 e. The van der Waals surface area contributed by atoms with Crippen LogP contribution in [0.1, 0.15) is 53.7 Å². The molecule has 2 heteroatoms. The Bertz CT molecular complexity index is 616. The average molecular weight is 240 g/mol. The van der Waals surface area contributed by atoms with Crippen molar-refractivity contribution in [3.8, 4) is 0 Å². The van der Waals surface area contributed by atoms with Crippen molar-refractivity contribution in [3.63, 3.8) is 0 Å². The fourth-order valence-electron chi connectivity index (χ4n) is 0.639. The van der Waals surface area contributed by atoms with Gasteiger partial charge in [0.1, 0.15) is 0 Å². The molecule has 0 bridgehead atoms. The minimum absolute atomic E-state index is 0.00795. The molecule has 0 fully saturated rings. The van der Waals surface area contributed by atoms with Gasteiger partial charge in [-0.2, -0.15) is 0 Å². The molecule has 0 saturated carbocycles. The van der Waals surface area contributed by atoms with E-state index in [0.29, 0.717) is 0 Å². The lowest BCUT2D eigenvalue weighted by molar-refractivity contribution is 0.706. The predicted molar refractivity (Wildman–Crippen MR) is 55.4 cm³/mol. The predicted octanol–water partition coefficient (Wildman–Crippen LogP) is 3.67. The molecule has 0 saturated heterocycles. The summed E-state index contributed by atoms with van der Waals surface area (Å²) in [4.78, 5) is 3.64. The summed E-state index contributed by atoms with van der Waals surface area (Å²) in [7, 11) is 0. The molecule has 1 atom stereocenters. The lowest BCUT2D eigenvalue weighted by Gasteiger charge is -2.08. The van der Waals surface area contributed by atoms with Crippen LogP contribution in [0.15, 0.2) is 16.7 Å². The van der Waals surface area contributed by atoms with Gasteiger partial charge in [-0.05, 0) is 46.7 Å². The number of halogens is 1. The number of hydrogen-bond acceptors (Lipinski definition) is 1. The SMILES string of the molecule is [2H]C([2H])([2H])c1cc(C([2H])(C([2H])([2H])[2H])C([2H])([2H])C([2H])([2H])[2H])ncc1Br. The average Bonchev–Trinajstić information content (AvgIpc) is 2.33. The Morgan fingerprint density at radius 2 is 2.83 bits per heavy atom. The topological polar surface area (TPSA) is 12.9 Å². The summed E-state index contributed by atoms with van der Waals surface area (Å²) >= 11 is 2.94. The van der Waals surface area contributed by atoms with Crippen LogP contribution in [0.5, 0.6) is 0 Å². The van der Waals surface area contributed by atoms with Gasteiger partial charge in [-0.3, -0.25) is 4.98 Å². The van der Waals surface area contributed by atoms with Crippen LogP contribution in [0.4, 0.5) is 0 Å². The van der Waals surface area contributed by atoms with Crippen LogP contribution >= 0.6 is 15.9 Å². The van der Waals surface area contributed by atoms with Crippen molar-refractivity contribution in [2.75, 3.05) is 0 Å². The highest BCUT2D eigenvalue weighted by atomic mass is 79.9. The number of aryl methyl sites for hydroxylation is 1. The van der Waals surface area contributed by atoms with Crippen molar-refractivity contribution < 1.29 is 16.4 Å². The zero-order valence-corrected chi connectivity index (χ0v) is 7.57. The number of rotatable bonds is 2. The van der Waals surface area contributed by atoms with Crippen molar-refractivity contribution in [1.29, 1.82) is 0 Å². The molecule has 1 unspecified atom stereocenters. The number of pyridine rings is 1. The van der Waals surface area contributed by atoms with Gasteiger partial charge >= 0.3 is 0 Å². The summed E-state index contributed by atoms with van der Waals surface area (Å²) in [6.07, 6.45) is -2.60. The first-order valence-electron chi connectivity index (χ1n) is 9.04. The largest absolute Gasteiger partial charge is 0.260 e. The molecule has 1 aromatic heterocycles. The molecular formula is C10H14BrN. The van der Waals surface area contributed by atoms with Crippen molar-refractivity contribution in [1.82, 2.24) is 4.98 Å². The zero-order chi connectivity index (χ0) is 19.4. The van der Waals surface area contributed by atoms with E-state index >= 15 is 0 Å². The molecule has 0 aromatic carbocycles. The second-order valence-electron chi connectivity index (χ2n) is 2.05. The standard InChI is InChI=1S/C10H14BrN/c1-4-7(2)10-5-8(3)9(11)6-12-10/h5-7H,4H2,1-3H3/i1D3,2D3,3D3,4D2,7D. The molecule has 0 aliphatic rings. The van der Waals surface area contributed by atoms with Crippen LogP contribution in [0.3, 0.4) is 0 Å². The van der Waals surface area contributed by atoms with E-state index in [4.69, 9.17) is 16.4 Å². The van der Waals surface area contributed by atoms with Gasteiger partial charge in [0.25, 0.3) is 0 Å². The molecule has 1 rings (SSSR count). The van der Waals surface area contributed by atoms with E-state index in [1.54, 1.807) is 0 Å². The van der Waals surface area contributed by atoms with Crippen LogP contribution in [-0.2, 0) is 0 Å². The Kier molecular flexibility index (Phi) is 0.791. The van der Waals surface area contributed by atoms with Gasteiger partial charge in [0.05, 0.1) is 0 Å². The summed E-state index contributed by atoms with van der Waals surface area (Å²) in [5, 5.41) is 0. The van der Waals surface area contributed by atoms with Gasteiger partial charge in [0.2, 0.25) is 0 Å². The van der Waals surface area contributed by atoms with E-state index in [-0.39, 0.29) is 4.47 Å². The maximum Gasteiger partial charge on any atom is 0.0435 e. The maximum absolute atomic E-state index is 8.18. The van der Waals surface area contributed by atoms with E-state index in [1.165, 1.54) is 0 Å². The molecule has 0 radical (unpaired) electrons. The van der Waals surface area contributed by atoms with Crippen LogP contribution < -0.4 is 0 Å². The molecule has 0 spiro atoms. The molecule has 0 aliphatic carbocycles. The second-order valence-corrected chi connectivity index (χ2v) is 2.90. The van der Waals surface area contributed by atoms with Gasteiger partial charge in [-0.1, -0.05) is 13.7 Å². The Hall–Kier alpha value is -0.370. The third kappa shape index (κ3) is 2.07. The van der Waals surface area contributed by atoms with E-state index in [0.717, 1.165) is 12.3 Å². The Morgan fingerprint density at radius 3 is 3.50 bits per heavy atom. The summed E-state index contributed by atoms with van der Waals surface area (Å²) < 4.78 is 90.3. The second kappa shape index (κ2) is 4.04. The van der Waals surface area contributed by atoms with Crippen molar-refractivity contribution in [3.05, 3.63) is 28.0 Å². The van der Waals surface area contributed by atoms with Gasteiger partial charge < -0.3 is 0 Å². The highest BCUT2D eigenvalue weighted by Gasteiger charge is 2.05. The Morgan fingerprint density at radius 1 is 1.92 bits per heavy atom. The molecule has 66 valence electrons. The van der Waals surface area contributed by atoms with E-state index in [1.807, 2.05) is 0 Å². The molecule has 12 heavy (non-hydrogen) atoms. The molecule has 1 nitrogen and oxygen atoms in total. The summed E-state index contributed by atoms with van der Waals surface area (Å²) in [5.41, 5.74) is -1.19. The fourth-order valence-corrected chi connectivity index (χ4v) is 0.856. The molecule has 1 heterocycles. The first-order valence-corrected chi connectivity index (χ1v) is 3.83. The smallest absolute Gasteiger partial charge is 0.0435 e. The number of aromatic nitrogens is 1. The van der Waals surface area contributed by atoms with Gasteiger partial charge in [0, 0.05) is 32.8 Å². The van der Waals surface area contributed by atoms with Crippen LogP contribution in [0, 0.1) is 6.85 Å². The number of hydrogen-bond donors (Lipinski definition) is 0. The maximum atomic E-state index is 8.18. The van der Waals surface area contributed by atoms with Gasteiger partial charge in [-0.25, -0.2) is 0 Å². The third-order valence-corrected chi connectivity index (χ3v) is 1.87. The summed E-state index contributed by atoms with van der Waals surface area (Å²) in [6, 6.07) is 0.736. The molecule has 0 aliphatic heterocycles. The van der Waals surface area contributed by atoms with Crippen LogP contribution in [-0.4, -0.2) is 4.98 Å². The lowest BCUT2D eigenvalue weighted by atomic mass is 10.0. The lowest BCUT2D eigenvalue weighted by Crippen LogP contribution is -1.95. The fraction of sp³-hybridized carbons (Fsp3) is 0.500. The van der Waals surface area contributed by atoms with Gasteiger partial charge in [-0.15, -0.1) is 0 Å². The number of nitrogens with zero attached hydrogens (tertiary/aromatic N) is 1.